The van der Waals surface area contributed by atoms with Gasteiger partial charge in [-0.15, -0.1) is 0 Å². The minimum atomic E-state index is -0.601. The Kier molecular flexibility index (Phi) is 4.24. The van der Waals surface area contributed by atoms with Gasteiger partial charge in [0, 0.05) is 29.6 Å². The first-order valence-electron chi connectivity index (χ1n) is 5.76. The van der Waals surface area contributed by atoms with Crippen molar-refractivity contribution in [2.24, 2.45) is 0 Å². The molecule has 0 atom stereocenters. The molecule has 2 aromatic rings. The lowest BCUT2D eigenvalue weighted by Gasteiger charge is -2.04. The highest BCUT2D eigenvalue weighted by atomic mass is 19.1. The Morgan fingerprint density at radius 2 is 2.15 bits per heavy atom. The number of nitrogens with one attached hydrogen (secondary N) is 2. The number of anilines is 1. The van der Waals surface area contributed by atoms with Crippen LogP contribution in [0.1, 0.15) is 11.3 Å². The van der Waals surface area contributed by atoms with Gasteiger partial charge in [-0.05, 0) is 31.2 Å². The van der Waals surface area contributed by atoms with Gasteiger partial charge in [-0.25, -0.2) is 9.37 Å². The molecule has 0 saturated heterocycles. The number of halogens is 1. The number of carbonyl (C=O) groups is 1. The summed E-state index contributed by atoms with van der Waals surface area (Å²) in [5.74, 6) is 3.76. The molecule has 0 aliphatic rings. The second-order valence-electron chi connectivity index (χ2n) is 3.85. The van der Waals surface area contributed by atoms with E-state index in [-0.39, 0.29) is 5.82 Å². The molecule has 6 heteroatoms. The average Bonchev–Trinajstić information content (AvgIpc) is 2.46. The predicted molar refractivity (Wildman–Crippen MR) is 71.8 cm³/mol. The molecule has 0 aromatic carbocycles. The predicted octanol–water partition coefficient (Wildman–Crippen LogP) is 1.42. The number of amides is 1. The molecule has 100 valence electrons. The first-order chi connectivity index (χ1) is 9.65. The van der Waals surface area contributed by atoms with E-state index in [1.54, 1.807) is 18.3 Å². The highest BCUT2D eigenvalue weighted by Crippen LogP contribution is 2.06. The van der Waals surface area contributed by atoms with Crippen LogP contribution in [0, 0.1) is 24.6 Å². The minimum Gasteiger partial charge on any atom is -0.279 e. The van der Waals surface area contributed by atoms with Gasteiger partial charge in [-0.2, -0.15) is 0 Å². The summed E-state index contributed by atoms with van der Waals surface area (Å²) < 4.78 is 13.2. The van der Waals surface area contributed by atoms with E-state index < -0.39 is 11.7 Å². The zero-order valence-electron chi connectivity index (χ0n) is 10.6. The molecule has 2 aromatic heterocycles. The van der Waals surface area contributed by atoms with Gasteiger partial charge in [0.15, 0.2) is 11.6 Å². The Morgan fingerprint density at radius 3 is 2.85 bits per heavy atom. The smallest absolute Gasteiger partial charge is 0.279 e. The van der Waals surface area contributed by atoms with E-state index in [2.05, 4.69) is 32.7 Å². The zero-order chi connectivity index (χ0) is 14.4. The lowest BCUT2D eigenvalue weighted by molar-refractivity contribution is -0.115. The van der Waals surface area contributed by atoms with E-state index in [0.717, 1.165) is 5.69 Å². The van der Waals surface area contributed by atoms with Crippen LogP contribution in [-0.4, -0.2) is 15.9 Å². The number of aromatic nitrogens is 2. The Labute approximate surface area is 115 Å². The van der Waals surface area contributed by atoms with Crippen molar-refractivity contribution in [1.29, 1.82) is 0 Å². The largest absolute Gasteiger partial charge is 0.314 e. The Bertz CT molecular complexity index is 674. The number of aryl methyl sites for hydroxylation is 1. The second-order valence-corrected chi connectivity index (χ2v) is 3.85. The van der Waals surface area contributed by atoms with Crippen LogP contribution >= 0.6 is 0 Å². The monoisotopic (exact) mass is 270 g/mol. The third-order valence-electron chi connectivity index (χ3n) is 2.28. The summed E-state index contributed by atoms with van der Waals surface area (Å²) in [6.45, 7) is 1.86. The summed E-state index contributed by atoms with van der Waals surface area (Å²) in [4.78, 5) is 19.2. The summed E-state index contributed by atoms with van der Waals surface area (Å²) in [5, 5.41) is 0. The molecule has 0 bridgehead atoms. The van der Waals surface area contributed by atoms with E-state index in [0.29, 0.717) is 5.56 Å². The number of carbonyl (C=O) groups excluding carboxylic acids is 1. The molecule has 5 nitrogen and oxygen atoms in total. The minimum absolute atomic E-state index is 0.0698. The number of nitrogens with zero attached hydrogens (tertiary/aromatic N) is 2. The van der Waals surface area contributed by atoms with Crippen molar-refractivity contribution in [3.8, 4) is 11.8 Å². The van der Waals surface area contributed by atoms with Gasteiger partial charge in [-0.3, -0.25) is 20.6 Å². The van der Waals surface area contributed by atoms with E-state index in [1.165, 1.54) is 18.3 Å². The fourth-order valence-corrected chi connectivity index (χ4v) is 1.30. The first-order valence-corrected chi connectivity index (χ1v) is 5.76. The molecule has 0 unspecified atom stereocenters. The van der Waals surface area contributed by atoms with Crippen molar-refractivity contribution in [2.45, 2.75) is 6.92 Å². The molecule has 0 fully saturated rings. The molecule has 0 saturated carbocycles. The van der Waals surface area contributed by atoms with E-state index in [1.807, 2.05) is 6.92 Å². The number of hydrogen-bond donors (Lipinski definition) is 2. The Morgan fingerprint density at radius 1 is 1.30 bits per heavy atom. The maximum absolute atomic E-state index is 13.2. The van der Waals surface area contributed by atoms with Crippen LogP contribution in [0.5, 0.6) is 0 Å². The van der Waals surface area contributed by atoms with Gasteiger partial charge in [0.25, 0.3) is 0 Å². The average molecular weight is 270 g/mol. The summed E-state index contributed by atoms with van der Waals surface area (Å²) >= 11 is 0. The van der Waals surface area contributed by atoms with E-state index >= 15 is 0 Å². The lowest BCUT2D eigenvalue weighted by Crippen LogP contribution is -2.28. The molecule has 2 N–H and O–H groups in total. The molecule has 2 heterocycles. The van der Waals surface area contributed by atoms with E-state index in [4.69, 9.17) is 0 Å². The van der Waals surface area contributed by atoms with Crippen LogP contribution < -0.4 is 10.9 Å². The maximum Gasteiger partial charge on any atom is 0.314 e. The molecular formula is C14H11FN4O. The Hall–Kier alpha value is -2.94. The van der Waals surface area contributed by atoms with Gasteiger partial charge in [0.05, 0.1) is 0 Å². The van der Waals surface area contributed by atoms with Gasteiger partial charge in [0.2, 0.25) is 0 Å². The first kappa shape index (κ1) is 13.5. The maximum atomic E-state index is 13.2. The molecule has 1 amide bonds. The standard InChI is InChI=1S/C14H11FN4O/c1-10-4-5-11(9-17-10)6-7-13(20)18-19-14-12(15)3-2-8-16-14/h2-5,8-9H,1H3,(H,16,19)(H,18,20). The van der Waals surface area contributed by atoms with Crippen molar-refractivity contribution in [3.05, 3.63) is 53.7 Å². The van der Waals surface area contributed by atoms with Crippen molar-refractivity contribution < 1.29 is 9.18 Å². The zero-order valence-corrected chi connectivity index (χ0v) is 10.6. The number of hydrogen-bond acceptors (Lipinski definition) is 4. The van der Waals surface area contributed by atoms with Gasteiger partial charge < -0.3 is 0 Å². The highest BCUT2D eigenvalue weighted by molar-refractivity contribution is 5.94. The number of hydrazine groups is 1. The third kappa shape index (κ3) is 3.78. The summed E-state index contributed by atoms with van der Waals surface area (Å²) in [6.07, 6.45) is 2.97. The van der Waals surface area contributed by atoms with Crippen LogP contribution in [-0.2, 0) is 4.79 Å². The van der Waals surface area contributed by atoms with Crippen molar-refractivity contribution >= 4 is 11.7 Å². The van der Waals surface area contributed by atoms with Crippen molar-refractivity contribution in [3.63, 3.8) is 0 Å². The lowest BCUT2D eigenvalue weighted by atomic mass is 10.2. The normalized spacial score (nSPS) is 9.30. The SMILES string of the molecule is Cc1ccc(C#CC(=O)NNc2ncccc2F)cn1. The van der Waals surface area contributed by atoms with Crippen LogP contribution in [0.25, 0.3) is 0 Å². The fraction of sp³-hybridized carbons (Fsp3) is 0.0714. The second kappa shape index (κ2) is 6.29. The summed E-state index contributed by atoms with van der Waals surface area (Å²) in [7, 11) is 0. The summed E-state index contributed by atoms with van der Waals surface area (Å²) in [6, 6.07) is 6.23. The molecule has 0 aliphatic carbocycles. The molecule has 0 aliphatic heterocycles. The van der Waals surface area contributed by atoms with Crippen LogP contribution in [0.15, 0.2) is 36.7 Å². The van der Waals surface area contributed by atoms with Crippen molar-refractivity contribution in [1.82, 2.24) is 15.4 Å². The van der Waals surface area contributed by atoms with Crippen LogP contribution in [0.3, 0.4) is 0 Å². The Balaban J connectivity index is 1.94. The molecule has 0 radical (unpaired) electrons. The molecular weight excluding hydrogens is 259 g/mol. The topological polar surface area (TPSA) is 66.9 Å². The van der Waals surface area contributed by atoms with E-state index in [9.17, 15) is 9.18 Å². The summed E-state index contributed by atoms with van der Waals surface area (Å²) in [5.41, 5.74) is 6.08. The highest BCUT2D eigenvalue weighted by Gasteiger charge is 2.02. The molecule has 20 heavy (non-hydrogen) atoms. The van der Waals surface area contributed by atoms with Gasteiger partial charge in [-0.1, -0.05) is 5.92 Å². The number of pyridine rings is 2. The third-order valence-corrected chi connectivity index (χ3v) is 2.28. The van der Waals surface area contributed by atoms with Gasteiger partial charge >= 0.3 is 5.91 Å². The van der Waals surface area contributed by atoms with Crippen LogP contribution in [0.2, 0.25) is 0 Å². The molecule has 2 rings (SSSR count). The quantitative estimate of drug-likeness (QED) is 0.640. The van der Waals surface area contributed by atoms with Gasteiger partial charge in [0.1, 0.15) is 0 Å². The molecule has 0 spiro atoms. The fourth-order valence-electron chi connectivity index (χ4n) is 1.30. The van der Waals surface area contributed by atoms with Crippen LogP contribution in [0.4, 0.5) is 10.2 Å². The van der Waals surface area contributed by atoms with Crippen molar-refractivity contribution in [2.75, 3.05) is 5.43 Å². The number of rotatable bonds is 2.